The minimum Gasteiger partial charge on any atom is -0.310 e. The summed E-state index contributed by atoms with van der Waals surface area (Å²) in [5, 5.41) is 14.1. The van der Waals surface area contributed by atoms with Crippen molar-refractivity contribution >= 4 is 5.69 Å². The molecule has 1 atom stereocenters. The Morgan fingerprint density at radius 2 is 1.94 bits per heavy atom. The summed E-state index contributed by atoms with van der Waals surface area (Å²) in [6.45, 7) is 6.99. The zero-order valence-electron chi connectivity index (χ0n) is 10.6. The highest BCUT2D eigenvalue weighted by Gasteiger charge is 2.13. The molecule has 4 heteroatoms. The zero-order valence-corrected chi connectivity index (χ0v) is 10.6. The van der Waals surface area contributed by atoms with Crippen molar-refractivity contribution in [2.24, 2.45) is 5.92 Å². The van der Waals surface area contributed by atoms with Crippen molar-refractivity contribution in [1.29, 1.82) is 0 Å². The van der Waals surface area contributed by atoms with E-state index in [1.54, 1.807) is 18.2 Å². The predicted octanol–water partition coefficient (Wildman–Crippen LogP) is 3.12. The van der Waals surface area contributed by atoms with E-state index in [9.17, 15) is 10.1 Å². The summed E-state index contributed by atoms with van der Waals surface area (Å²) in [6.07, 6.45) is 1.07. The number of nitro benzene ring substituents is 1. The number of rotatable bonds is 6. The van der Waals surface area contributed by atoms with Crippen LogP contribution < -0.4 is 5.32 Å². The second kappa shape index (κ2) is 6.35. The largest absolute Gasteiger partial charge is 0.310 e. The third kappa shape index (κ3) is 4.53. The Labute approximate surface area is 102 Å². The topological polar surface area (TPSA) is 55.2 Å². The highest BCUT2D eigenvalue weighted by atomic mass is 16.6. The van der Waals surface area contributed by atoms with Crippen LogP contribution in [-0.4, -0.2) is 11.0 Å². The molecule has 0 aliphatic rings. The average Bonchev–Trinajstić information content (AvgIpc) is 2.25. The van der Waals surface area contributed by atoms with Crippen LogP contribution in [0.3, 0.4) is 0 Å². The first-order chi connectivity index (χ1) is 8.00. The third-order valence-electron chi connectivity index (χ3n) is 2.65. The quantitative estimate of drug-likeness (QED) is 0.610. The summed E-state index contributed by atoms with van der Waals surface area (Å²) in [6, 6.07) is 7.24. The molecule has 1 rings (SSSR count). The molecule has 1 aromatic carbocycles. The highest BCUT2D eigenvalue weighted by Crippen LogP contribution is 2.17. The minimum absolute atomic E-state index is 0.191. The fraction of sp³-hybridized carbons (Fsp3) is 0.538. The summed E-state index contributed by atoms with van der Waals surface area (Å²) in [4.78, 5) is 10.5. The van der Waals surface area contributed by atoms with Crippen molar-refractivity contribution in [2.45, 2.75) is 39.8 Å². The minimum atomic E-state index is -0.329. The van der Waals surface area contributed by atoms with Gasteiger partial charge in [0.2, 0.25) is 0 Å². The van der Waals surface area contributed by atoms with Gasteiger partial charge in [0, 0.05) is 24.2 Å². The first-order valence-electron chi connectivity index (χ1n) is 5.96. The van der Waals surface area contributed by atoms with Crippen molar-refractivity contribution in [1.82, 2.24) is 5.32 Å². The Morgan fingerprint density at radius 3 is 2.53 bits per heavy atom. The van der Waals surface area contributed by atoms with E-state index in [1.807, 2.05) is 6.07 Å². The van der Waals surface area contributed by atoms with Gasteiger partial charge in [-0.15, -0.1) is 0 Å². The lowest BCUT2D eigenvalue weighted by atomic mass is 10.0. The summed E-state index contributed by atoms with van der Waals surface area (Å²) in [7, 11) is 0. The lowest BCUT2D eigenvalue weighted by Gasteiger charge is -2.15. The molecule has 0 aliphatic heterocycles. The van der Waals surface area contributed by atoms with E-state index in [-0.39, 0.29) is 10.6 Å². The van der Waals surface area contributed by atoms with E-state index < -0.39 is 0 Å². The number of hydrogen-bond donors (Lipinski definition) is 1. The molecule has 17 heavy (non-hydrogen) atoms. The van der Waals surface area contributed by atoms with E-state index in [2.05, 4.69) is 26.1 Å². The molecule has 0 spiro atoms. The number of nitro groups is 1. The molecule has 0 saturated carbocycles. The van der Waals surface area contributed by atoms with Gasteiger partial charge in [0.1, 0.15) is 0 Å². The van der Waals surface area contributed by atoms with E-state index in [0.29, 0.717) is 18.5 Å². The monoisotopic (exact) mass is 236 g/mol. The lowest BCUT2D eigenvalue weighted by Crippen LogP contribution is -2.27. The van der Waals surface area contributed by atoms with Gasteiger partial charge in [-0.3, -0.25) is 10.1 Å². The van der Waals surface area contributed by atoms with Gasteiger partial charge in [0.15, 0.2) is 0 Å². The molecule has 1 aromatic rings. The van der Waals surface area contributed by atoms with Crippen LogP contribution in [0.2, 0.25) is 0 Å². The maximum Gasteiger partial charge on any atom is 0.273 e. The number of hydrogen-bond acceptors (Lipinski definition) is 3. The molecule has 0 bridgehead atoms. The van der Waals surface area contributed by atoms with Crippen LogP contribution in [0, 0.1) is 16.0 Å². The predicted molar refractivity (Wildman–Crippen MR) is 68.9 cm³/mol. The molecule has 0 aliphatic carbocycles. The maximum atomic E-state index is 10.8. The van der Waals surface area contributed by atoms with Gasteiger partial charge in [-0.2, -0.15) is 0 Å². The molecule has 0 amide bonds. The molecular formula is C13H20N2O2. The van der Waals surface area contributed by atoms with E-state index in [4.69, 9.17) is 0 Å². The number of para-hydroxylation sites is 1. The van der Waals surface area contributed by atoms with Gasteiger partial charge in [-0.1, -0.05) is 32.0 Å². The smallest absolute Gasteiger partial charge is 0.273 e. The van der Waals surface area contributed by atoms with Crippen molar-refractivity contribution in [2.75, 3.05) is 0 Å². The molecule has 4 nitrogen and oxygen atoms in total. The maximum absolute atomic E-state index is 10.8. The Morgan fingerprint density at radius 1 is 1.29 bits per heavy atom. The molecular weight excluding hydrogens is 216 g/mol. The van der Waals surface area contributed by atoms with Crippen LogP contribution in [0.4, 0.5) is 5.69 Å². The SMILES string of the molecule is CC(C)CC(C)NCc1ccccc1[N+](=O)[O-]. The van der Waals surface area contributed by atoms with Crippen LogP contribution in [0.1, 0.15) is 32.8 Å². The summed E-state index contributed by atoms with van der Waals surface area (Å²) in [5.74, 6) is 0.628. The first kappa shape index (κ1) is 13.6. The number of nitrogens with zero attached hydrogens (tertiary/aromatic N) is 1. The molecule has 0 fully saturated rings. The Bertz CT molecular complexity index is 377. The Balaban J connectivity index is 2.60. The summed E-state index contributed by atoms with van der Waals surface area (Å²) >= 11 is 0. The number of benzene rings is 1. The van der Waals surface area contributed by atoms with Crippen molar-refractivity contribution in [3.63, 3.8) is 0 Å². The van der Waals surface area contributed by atoms with E-state index in [1.165, 1.54) is 0 Å². The average molecular weight is 236 g/mol. The highest BCUT2D eigenvalue weighted by molar-refractivity contribution is 5.39. The van der Waals surface area contributed by atoms with Gasteiger partial charge < -0.3 is 5.32 Å². The molecule has 0 heterocycles. The second-order valence-corrected chi connectivity index (χ2v) is 4.80. The fourth-order valence-corrected chi connectivity index (χ4v) is 1.91. The van der Waals surface area contributed by atoms with E-state index >= 15 is 0 Å². The molecule has 0 radical (unpaired) electrons. The zero-order chi connectivity index (χ0) is 12.8. The molecule has 0 aromatic heterocycles. The lowest BCUT2D eigenvalue weighted by molar-refractivity contribution is -0.385. The van der Waals surface area contributed by atoms with Gasteiger partial charge in [-0.05, 0) is 19.3 Å². The van der Waals surface area contributed by atoms with Gasteiger partial charge >= 0.3 is 0 Å². The van der Waals surface area contributed by atoms with Crippen molar-refractivity contribution < 1.29 is 4.92 Å². The van der Waals surface area contributed by atoms with Crippen molar-refractivity contribution in [3.05, 3.63) is 39.9 Å². The van der Waals surface area contributed by atoms with Crippen LogP contribution in [0.25, 0.3) is 0 Å². The summed E-state index contributed by atoms with van der Waals surface area (Å²) in [5.41, 5.74) is 0.935. The Hall–Kier alpha value is -1.42. The summed E-state index contributed by atoms with van der Waals surface area (Å²) < 4.78 is 0. The third-order valence-corrected chi connectivity index (χ3v) is 2.65. The van der Waals surface area contributed by atoms with Crippen LogP contribution in [-0.2, 0) is 6.54 Å². The normalized spacial score (nSPS) is 12.7. The van der Waals surface area contributed by atoms with Gasteiger partial charge in [0.25, 0.3) is 5.69 Å². The van der Waals surface area contributed by atoms with Crippen LogP contribution >= 0.6 is 0 Å². The standard InChI is InChI=1S/C13H20N2O2/c1-10(2)8-11(3)14-9-12-6-4-5-7-13(12)15(16)17/h4-7,10-11,14H,8-9H2,1-3H3. The molecule has 94 valence electrons. The van der Waals surface area contributed by atoms with Gasteiger partial charge in [0.05, 0.1) is 4.92 Å². The molecule has 1 N–H and O–H groups in total. The first-order valence-corrected chi connectivity index (χ1v) is 5.96. The van der Waals surface area contributed by atoms with Crippen molar-refractivity contribution in [3.8, 4) is 0 Å². The Kier molecular flexibility index (Phi) is 5.10. The van der Waals surface area contributed by atoms with Crippen LogP contribution in [0.15, 0.2) is 24.3 Å². The van der Waals surface area contributed by atoms with Crippen LogP contribution in [0.5, 0.6) is 0 Å². The van der Waals surface area contributed by atoms with Gasteiger partial charge in [-0.25, -0.2) is 0 Å². The second-order valence-electron chi connectivity index (χ2n) is 4.80. The number of nitrogens with one attached hydrogen (secondary N) is 1. The fourth-order valence-electron chi connectivity index (χ4n) is 1.91. The molecule has 0 saturated heterocycles. The molecule has 1 unspecified atom stereocenters. The van der Waals surface area contributed by atoms with E-state index in [0.717, 1.165) is 12.0 Å².